The second-order valence-electron chi connectivity index (χ2n) is 5.67. The van der Waals surface area contributed by atoms with E-state index in [-0.39, 0.29) is 22.6 Å². The average molecular weight is 307 g/mol. The molecule has 0 aliphatic carbocycles. The topological polar surface area (TPSA) is 70.2 Å². The van der Waals surface area contributed by atoms with Crippen LogP contribution in [0.25, 0.3) is 0 Å². The van der Waals surface area contributed by atoms with Crippen molar-refractivity contribution in [3.8, 4) is 6.07 Å². The smallest absolute Gasteiger partial charge is 0.292 e. The molecule has 0 bridgehead atoms. The van der Waals surface area contributed by atoms with Gasteiger partial charge in [-0.1, -0.05) is 42.5 Å². The minimum absolute atomic E-state index is 0.0384. The van der Waals surface area contributed by atoms with Crippen molar-refractivity contribution in [1.82, 2.24) is 0 Å². The summed E-state index contributed by atoms with van der Waals surface area (Å²) in [6.45, 7) is 0.737. The van der Waals surface area contributed by atoms with E-state index in [0.29, 0.717) is 5.69 Å². The predicted molar refractivity (Wildman–Crippen MR) is 88.3 cm³/mol. The van der Waals surface area contributed by atoms with Gasteiger partial charge in [0.25, 0.3) is 5.69 Å². The van der Waals surface area contributed by atoms with Crippen molar-refractivity contribution in [2.75, 3.05) is 11.4 Å². The predicted octanol–water partition coefficient (Wildman–Crippen LogP) is 3.87. The molecule has 3 rings (SSSR count). The fourth-order valence-electron chi connectivity index (χ4n) is 3.34. The summed E-state index contributed by atoms with van der Waals surface area (Å²) >= 11 is 0. The third kappa shape index (κ3) is 2.88. The van der Waals surface area contributed by atoms with Crippen LogP contribution in [0, 0.1) is 21.4 Å². The molecular weight excluding hydrogens is 290 g/mol. The first-order chi connectivity index (χ1) is 11.2. The molecule has 5 nitrogen and oxygen atoms in total. The van der Waals surface area contributed by atoms with E-state index in [1.54, 1.807) is 12.1 Å². The molecule has 1 saturated heterocycles. The number of benzene rings is 2. The second-order valence-corrected chi connectivity index (χ2v) is 5.67. The van der Waals surface area contributed by atoms with Gasteiger partial charge in [0.2, 0.25) is 0 Å². The van der Waals surface area contributed by atoms with Crippen molar-refractivity contribution >= 4 is 11.4 Å². The Bertz CT molecular complexity index is 739. The highest BCUT2D eigenvalue weighted by Gasteiger charge is 2.35. The van der Waals surface area contributed by atoms with Gasteiger partial charge in [0.05, 0.1) is 16.9 Å². The molecule has 1 aliphatic rings. The molecule has 0 N–H and O–H groups in total. The normalized spacial score (nSPS) is 18.4. The van der Waals surface area contributed by atoms with Gasteiger partial charge >= 0.3 is 0 Å². The molecule has 2 aromatic carbocycles. The summed E-state index contributed by atoms with van der Waals surface area (Å²) in [5.74, 6) is -0.293. The van der Waals surface area contributed by atoms with Crippen LogP contribution >= 0.6 is 0 Å². The van der Waals surface area contributed by atoms with Gasteiger partial charge < -0.3 is 4.90 Å². The average Bonchev–Trinajstić information content (AvgIpc) is 3.06. The van der Waals surface area contributed by atoms with E-state index in [1.807, 2.05) is 41.3 Å². The van der Waals surface area contributed by atoms with Crippen LogP contribution in [-0.4, -0.2) is 17.5 Å². The van der Waals surface area contributed by atoms with Crippen LogP contribution < -0.4 is 4.90 Å². The summed E-state index contributed by atoms with van der Waals surface area (Å²) in [7, 11) is 0. The molecule has 2 atom stereocenters. The molecule has 1 fully saturated rings. The number of nitro groups is 1. The number of nitrogens with zero attached hydrogens (tertiary/aromatic N) is 3. The molecule has 1 aliphatic heterocycles. The van der Waals surface area contributed by atoms with Gasteiger partial charge in [0, 0.05) is 18.7 Å². The van der Waals surface area contributed by atoms with Crippen LogP contribution in [0.2, 0.25) is 0 Å². The minimum Gasteiger partial charge on any atom is -0.361 e. The van der Waals surface area contributed by atoms with Crippen molar-refractivity contribution in [1.29, 1.82) is 5.26 Å². The molecule has 2 unspecified atom stereocenters. The van der Waals surface area contributed by atoms with Crippen LogP contribution in [-0.2, 0) is 0 Å². The third-order valence-corrected chi connectivity index (χ3v) is 4.37. The van der Waals surface area contributed by atoms with Gasteiger partial charge in [-0.15, -0.1) is 0 Å². The van der Waals surface area contributed by atoms with E-state index in [4.69, 9.17) is 0 Å². The molecule has 0 saturated carbocycles. The van der Waals surface area contributed by atoms with E-state index in [0.717, 1.165) is 24.9 Å². The molecule has 0 aromatic heterocycles. The lowest BCUT2D eigenvalue weighted by Crippen LogP contribution is -2.34. The summed E-state index contributed by atoms with van der Waals surface area (Å²) in [4.78, 5) is 13.0. The number of hydrogen-bond donors (Lipinski definition) is 0. The SMILES string of the molecule is N#CC(c1ccccc1)C1CCCN1c1ccccc1[N+](=O)[O-]. The van der Waals surface area contributed by atoms with Gasteiger partial charge in [0.1, 0.15) is 5.69 Å². The highest BCUT2D eigenvalue weighted by molar-refractivity contribution is 5.64. The zero-order valence-corrected chi connectivity index (χ0v) is 12.6. The summed E-state index contributed by atoms with van der Waals surface area (Å²) in [6.07, 6.45) is 1.79. The van der Waals surface area contributed by atoms with E-state index in [1.165, 1.54) is 6.07 Å². The molecule has 0 radical (unpaired) electrons. The Balaban J connectivity index is 1.98. The monoisotopic (exact) mass is 307 g/mol. The van der Waals surface area contributed by atoms with Gasteiger partial charge in [-0.3, -0.25) is 10.1 Å². The maximum absolute atomic E-state index is 11.3. The number of para-hydroxylation sites is 2. The molecule has 1 heterocycles. The Kier molecular flexibility index (Phi) is 4.24. The van der Waals surface area contributed by atoms with E-state index in [2.05, 4.69) is 6.07 Å². The molecule has 0 spiro atoms. The molecular formula is C18H17N3O2. The minimum atomic E-state index is -0.353. The van der Waals surface area contributed by atoms with Crippen LogP contribution in [0.5, 0.6) is 0 Å². The Labute approximate surface area is 134 Å². The fraction of sp³-hybridized carbons (Fsp3) is 0.278. The van der Waals surface area contributed by atoms with Crippen molar-refractivity contribution < 1.29 is 4.92 Å². The zero-order chi connectivity index (χ0) is 16.2. The molecule has 0 amide bonds. The zero-order valence-electron chi connectivity index (χ0n) is 12.6. The first kappa shape index (κ1) is 15.0. The van der Waals surface area contributed by atoms with Crippen LogP contribution in [0.15, 0.2) is 54.6 Å². The lowest BCUT2D eigenvalue weighted by molar-refractivity contribution is -0.384. The largest absolute Gasteiger partial charge is 0.361 e. The van der Waals surface area contributed by atoms with Gasteiger partial charge in [-0.05, 0) is 24.5 Å². The highest BCUT2D eigenvalue weighted by atomic mass is 16.6. The third-order valence-electron chi connectivity index (χ3n) is 4.37. The lowest BCUT2D eigenvalue weighted by Gasteiger charge is -2.29. The number of nitro benzene ring substituents is 1. The number of nitriles is 1. The lowest BCUT2D eigenvalue weighted by atomic mass is 9.91. The van der Waals surface area contributed by atoms with Gasteiger partial charge in [-0.2, -0.15) is 5.26 Å². The Morgan fingerprint density at radius 3 is 2.57 bits per heavy atom. The summed E-state index contributed by atoms with van der Waals surface area (Å²) in [6, 6.07) is 18.8. The summed E-state index contributed by atoms with van der Waals surface area (Å²) in [5, 5.41) is 21.0. The Morgan fingerprint density at radius 2 is 1.87 bits per heavy atom. The standard InChI is InChI=1S/C18H17N3O2/c19-13-15(14-7-2-1-3-8-14)16-11-6-12-20(16)17-9-4-5-10-18(17)21(22)23/h1-5,7-10,15-16H,6,11-12H2. The van der Waals surface area contributed by atoms with Crippen LogP contribution in [0.3, 0.4) is 0 Å². The first-order valence-electron chi connectivity index (χ1n) is 7.67. The van der Waals surface area contributed by atoms with E-state index >= 15 is 0 Å². The summed E-state index contributed by atoms with van der Waals surface area (Å²) in [5.41, 5.74) is 1.67. The second kappa shape index (κ2) is 6.49. The Morgan fingerprint density at radius 1 is 1.17 bits per heavy atom. The Hall–Kier alpha value is -2.87. The fourth-order valence-corrected chi connectivity index (χ4v) is 3.34. The van der Waals surface area contributed by atoms with E-state index in [9.17, 15) is 15.4 Å². The van der Waals surface area contributed by atoms with Gasteiger partial charge in [-0.25, -0.2) is 0 Å². The van der Waals surface area contributed by atoms with Crippen molar-refractivity contribution in [3.05, 3.63) is 70.3 Å². The number of rotatable bonds is 4. The van der Waals surface area contributed by atoms with Crippen molar-refractivity contribution in [3.63, 3.8) is 0 Å². The van der Waals surface area contributed by atoms with Crippen molar-refractivity contribution in [2.24, 2.45) is 0 Å². The van der Waals surface area contributed by atoms with Gasteiger partial charge in [0.15, 0.2) is 0 Å². The van der Waals surface area contributed by atoms with Crippen LogP contribution in [0.4, 0.5) is 11.4 Å². The first-order valence-corrected chi connectivity index (χ1v) is 7.67. The maximum atomic E-state index is 11.3. The number of anilines is 1. The molecule has 2 aromatic rings. The molecule has 116 valence electrons. The quantitative estimate of drug-likeness (QED) is 0.635. The summed E-state index contributed by atoms with van der Waals surface area (Å²) < 4.78 is 0. The highest BCUT2D eigenvalue weighted by Crippen LogP contribution is 2.38. The van der Waals surface area contributed by atoms with Crippen LogP contribution in [0.1, 0.15) is 24.3 Å². The van der Waals surface area contributed by atoms with Crippen molar-refractivity contribution in [2.45, 2.75) is 24.8 Å². The number of hydrogen-bond acceptors (Lipinski definition) is 4. The molecule has 5 heteroatoms. The molecule has 23 heavy (non-hydrogen) atoms. The maximum Gasteiger partial charge on any atom is 0.292 e. The van der Waals surface area contributed by atoms with E-state index < -0.39 is 0 Å².